The lowest BCUT2D eigenvalue weighted by molar-refractivity contribution is 0.0790. The Balaban J connectivity index is 1.63. The summed E-state index contributed by atoms with van der Waals surface area (Å²) < 4.78 is 26.3. The first kappa shape index (κ1) is 17.6. The zero-order valence-corrected chi connectivity index (χ0v) is 15.5. The molecule has 138 valence electrons. The van der Waals surface area contributed by atoms with Crippen LogP contribution in [-0.2, 0) is 11.2 Å². The number of anilines is 1. The second kappa shape index (κ2) is 7.41. The summed E-state index contributed by atoms with van der Waals surface area (Å²) in [5.41, 5.74) is 2.37. The molecule has 0 saturated heterocycles. The monoisotopic (exact) mass is 376 g/mol. The van der Waals surface area contributed by atoms with Gasteiger partial charge in [0.05, 0.1) is 12.6 Å². The molecule has 0 spiro atoms. The molecule has 1 aromatic carbocycles. The molecule has 0 radical (unpaired) electrons. The molecular weight excluding hydrogens is 355 g/mol. The lowest BCUT2D eigenvalue weighted by atomic mass is 10.0. The highest BCUT2D eigenvalue weighted by Gasteiger charge is 2.43. The van der Waals surface area contributed by atoms with Gasteiger partial charge in [0.15, 0.2) is 6.23 Å². The molecule has 0 amide bonds. The molecule has 0 saturated carbocycles. The summed E-state index contributed by atoms with van der Waals surface area (Å²) in [6.07, 6.45) is 3.23. The normalized spacial score (nSPS) is 20.3. The number of hydrogen-bond acceptors (Lipinski definition) is 4. The maximum absolute atomic E-state index is 14.4. The molecule has 1 aromatic heterocycles. The molecular formula is C20H22ClFN2O2. The average molecular weight is 377 g/mol. The third kappa shape index (κ3) is 3.14. The zero-order chi connectivity index (χ0) is 18.1. The minimum atomic E-state index is -0.208. The molecule has 2 aliphatic rings. The molecule has 26 heavy (non-hydrogen) atoms. The number of ether oxygens (including phenoxy) is 2. The van der Waals surface area contributed by atoms with E-state index in [4.69, 9.17) is 21.1 Å². The molecule has 2 unspecified atom stereocenters. The van der Waals surface area contributed by atoms with E-state index in [1.54, 1.807) is 12.1 Å². The summed E-state index contributed by atoms with van der Waals surface area (Å²) in [5.74, 6) is 0.542. The molecule has 0 fully saturated rings. The van der Waals surface area contributed by atoms with Crippen molar-refractivity contribution in [2.45, 2.75) is 44.9 Å². The predicted octanol–water partition coefficient (Wildman–Crippen LogP) is 4.90. The van der Waals surface area contributed by atoms with Gasteiger partial charge in [-0.1, -0.05) is 31.0 Å². The third-order valence-corrected chi connectivity index (χ3v) is 5.21. The minimum absolute atomic E-state index is 0.0648. The summed E-state index contributed by atoms with van der Waals surface area (Å²) >= 11 is 6.10. The number of benzene rings is 1. The van der Waals surface area contributed by atoms with Crippen molar-refractivity contribution in [1.82, 2.24) is 4.98 Å². The predicted molar refractivity (Wildman–Crippen MR) is 99.3 cm³/mol. The van der Waals surface area contributed by atoms with Gasteiger partial charge in [-0.3, -0.25) is 0 Å². The largest absolute Gasteiger partial charge is 0.468 e. The van der Waals surface area contributed by atoms with E-state index in [1.165, 1.54) is 6.07 Å². The van der Waals surface area contributed by atoms with Crippen molar-refractivity contribution in [2.75, 3.05) is 18.1 Å². The summed E-state index contributed by atoms with van der Waals surface area (Å²) in [7, 11) is 0. The molecule has 0 bridgehead atoms. The van der Waals surface area contributed by atoms with Gasteiger partial charge < -0.3 is 14.4 Å². The number of unbranched alkanes of at least 4 members (excludes halogenated alkanes) is 1. The first-order valence-electron chi connectivity index (χ1n) is 9.15. The van der Waals surface area contributed by atoms with E-state index >= 15 is 0 Å². The van der Waals surface area contributed by atoms with Crippen molar-refractivity contribution in [3.63, 3.8) is 0 Å². The van der Waals surface area contributed by atoms with Gasteiger partial charge in [0.1, 0.15) is 22.4 Å². The van der Waals surface area contributed by atoms with Gasteiger partial charge in [-0.25, -0.2) is 9.37 Å². The van der Waals surface area contributed by atoms with E-state index in [9.17, 15) is 4.39 Å². The smallest absolute Gasteiger partial charge is 0.175 e. The molecule has 2 aromatic rings. The van der Waals surface area contributed by atoms with E-state index in [2.05, 4.69) is 16.8 Å². The van der Waals surface area contributed by atoms with Crippen molar-refractivity contribution in [3.8, 4) is 5.75 Å². The van der Waals surface area contributed by atoms with Crippen molar-refractivity contribution in [3.05, 3.63) is 52.6 Å². The highest BCUT2D eigenvalue weighted by atomic mass is 35.5. The van der Waals surface area contributed by atoms with Gasteiger partial charge in [-0.15, -0.1) is 0 Å². The number of rotatable bonds is 6. The van der Waals surface area contributed by atoms with Crippen LogP contribution in [-0.4, -0.2) is 24.4 Å². The molecule has 4 rings (SSSR count). The van der Waals surface area contributed by atoms with E-state index < -0.39 is 0 Å². The zero-order valence-electron chi connectivity index (χ0n) is 14.8. The SMILES string of the molecule is CCCCOCCC1Oc2ccc(Cl)nc2C2Cc3c(F)cccc3N12. The second-order valence-electron chi connectivity index (χ2n) is 6.71. The molecule has 0 N–H and O–H groups in total. The Kier molecular flexibility index (Phi) is 5.00. The lowest BCUT2D eigenvalue weighted by Gasteiger charge is -2.40. The van der Waals surface area contributed by atoms with Crippen LogP contribution in [0.15, 0.2) is 30.3 Å². The Morgan fingerprint density at radius 3 is 3.04 bits per heavy atom. The number of fused-ring (bicyclic) bond motifs is 5. The summed E-state index contributed by atoms with van der Waals surface area (Å²) in [6, 6.07) is 8.71. The second-order valence-corrected chi connectivity index (χ2v) is 7.10. The molecule has 4 nitrogen and oxygen atoms in total. The first-order valence-corrected chi connectivity index (χ1v) is 9.53. The number of aromatic nitrogens is 1. The van der Waals surface area contributed by atoms with E-state index in [1.807, 2.05) is 12.1 Å². The van der Waals surface area contributed by atoms with Crippen LogP contribution in [0, 0.1) is 5.82 Å². The molecule has 2 atom stereocenters. The van der Waals surface area contributed by atoms with Crippen LogP contribution in [0.1, 0.15) is 43.5 Å². The number of pyridine rings is 1. The maximum Gasteiger partial charge on any atom is 0.175 e. The van der Waals surface area contributed by atoms with E-state index in [0.717, 1.165) is 36.6 Å². The third-order valence-electron chi connectivity index (χ3n) is 5.00. The fourth-order valence-electron chi connectivity index (χ4n) is 3.74. The van der Waals surface area contributed by atoms with Crippen molar-refractivity contribution in [1.29, 1.82) is 0 Å². The fourth-order valence-corrected chi connectivity index (χ4v) is 3.90. The Labute approximate surface area is 157 Å². The van der Waals surface area contributed by atoms with Gasteiger partial charge in [0.2, 0.25) is 0 Å². The average Bonchev–Trinajstić information content (AvgIpc) is 3.03. The quantitative estimate of drug-likeness (QED) is 0.530. The number of halogens is 2. The lowest BCUT2D eigenvalue weighted by Crippen LogP contribution is -2.45. The number of nitrogens with zero attached hydrogens (tertiary/aromatic N) is 2. The van der Waals surface area contributed by atoms with E-state index in [0.29, 0.717) is 30.2 Å². The molecule has 6 heteroatoms. The van der Waals surface area contributed by atoms with Gasteiger partial charge in [0, 0.05) is 30.7 Å². The van der Waals surface area contributed by atoms with Crippen LogP contribution >= 0.6 is 11.6 Å². The van der Waals surface area contributed by atoms with Crippen LogP contribution in [0.25, 0.3) is 0 Å². The Morgan fingerprint density at radius 2 is 2.19 bits per heavy atom. The fraction of sp³-hybridized carbons (Fsp3) is 0.450. The van der Waals surface area contributed by atoms with Crippen LogP contribution in [0.2, 0.25) is 5.15 Å². The van der Waals surface area contributed by atoms with Crippen LogP contribution < -0.4 is 9.64 Å². The Hall–Kier alpha value is -1.85. The standard InChI is InChI=1S/C20H22ClFN2O2/c1-2-3-10-25-11-9-19-24-15-6-4-5-14(22)13(15)12-16(24)20-17(26-19)7-8-18(21)23-20/h4-8,16,19H,2-3,9-12H2,1H3. The summed E-state index contributed by atoms with van der Waals surface area (Å²) in [5, 5.41) is 0.421. The number of hydrogen-bond donors (Lipinski definition) is 0. The topological polar surface area (TPSA) is 34.6 Å². The summed E-state index contributed by atoms with van der Waals surface area (Å²) in [4.78, 5) is 6.60. The van der Waals surface area contributed by atoms with Crippen molar-refractivity contribution >= 4 is 17.3 Å². The van der Waals surface area contributed by atoms with Crippen LogP contribution in [0.5, 0.6) is 5.75 Å². The molecule has 2 aliphatic heterocycles. The van der Waals surface area contributed by atoms with Gasteiger partial charge in [0.25, 0.3) is 0 Å². The first-order chi connectivity index (χ1) is 12.7. The highest BCUT2D eigenvalue weighted by Crippen LogP contribution is 2.48. The molecule has 3 heterocycles. The van der Waals surface area contributed by atoms with Gasteiger partial charge >= 0.3 is 0 Å². The highest BCUT2D eigenvalue weighted by molar-refractivity contribution is 6.29. The summed E-state index contributed by atoms with van der Waals surface area (Å²) in [6.45, 7) is 3.50. The minimum Gasteiger partial charge on any atom is -0.468 e. The Bertz CT molecular complexity index is 801. The van der Waals surface area contributed by atoms with Crippen molar-refractivity contribution < 1.29 is 13.9 Å². The maximum atomic E-state index is 14.4. The van der Waals surface area contributed by atoms with Crippen LogP contribution in [0.4, 0.5) is 10.1 Å². The molecule has 0 aliphatic carbocycles. The van der Waals surface area contributed by atoms with Crippen molar-refractivity contribution in [2.24, 2.45) is 0 Å². The van der Waals surface area contributed by atoms with E-state index in [-0.39, 0.29) is 18.1 Å². The van der Waals surface area contributed by atoms with Gasteiger partial charge in [-0.2, -0.15) is 0 Å². The Morgan fingerprint density at radius 1 is 1.31 bits per heavy atom. The van der Waals surface area contributed by atoms with Gasteiger partial charge in [-0.05, 0) is 30.7 Å². The van der Waals surface area contributed by atoms with Crippen LogP contribution in [0.3, 0.4) is 0 Å².